The van der Waals surface area contributed by atoms with E-state index in [-0.39, 0.29) is 59.9 Å². The number of nitrogens with one attached hydrogen (secondary N) is 1. The predicted octanol–water partition coefficient (Wildman–Crippen LogP) is 10.3. The second-order valence-electron chi connectivity index (χ2n) is 13.0. The number of alkyl halides is 2. The highest BCUT2D eigenvalue weighted by Gasteiger charge is 2.16. The van der Waals surface area contributed by atoms with E-state index in [0.717, 1.165) is 77.0 Å². The van der Waals surface area contributed by atoms with Crippen LogP contribution in [0.25, 0.3) is 0 Å². The first-order chi connectivity index (χ1) is 23.8. The van der Waals surface area contributed by atoms with Crippen molar-refractivity contribution in [2.24, 2.45) is 23.0 Å². The number of ether oxygens (including phenoxy) is 2. The van der Waals surface area contributed by atoms with Gasteiger partial charge in [0.05, 0.1) is 6.73 Å². The van der Waals surface area contributed by atoms with Gasteiger partial charge in [0.25, 0.3) is 0 Å². The number of carbonyl (C=O) groups is 3. The lowest BCUT2D eigenvalue weighted by Gasteiger charge is -2.19. The molecule has 0 aliphatic rings. The van der Waals surface area contributed by atoms with Gasteiger partial charge < -0.3 is 25.6 Å². The van der Waals surface area contributed by atoms with Gasteiger partial charge in [0.15, 0.2) is 0 Å². The van der Waals surface area contributed by atoms with Gasteiger partial charge in [0.1, 0.15) is 24.0 Å². The Bertz CT molecular complexity index is 839. The number of amides is 1. The van der Waals surface area contributed by atoms with Gasteiger partial charge in [-0.1, -0.05) is 119 Å². The van der Waals surface area contributed by atoms with Gasteiger partial charge >= 0.3 is 11.9 Å². The number of aliphatic hydroxyl groups excluding tert-OH is 1. The van der Waals surface area contributed by atoms with Crippen LogP contribution < -0.4 is 11.1 Å². The monoisotopic (exact) mass is 753 g/mol. The number of aliphatic hydroxyl groups is 1. The van der Waals surface area contributed by atoms with E-state index < -0.39 is 0 Å². The molecule has 50 heavy (non-hydrogen) atoms. The molecule has 0 aromatic rings. The van der Waals surface area contributed by atoms with E-state index in [2.05, 4.69) is 76.9 Å². The molecule has 0 saturated heterocycles. The van der Waals surface area contributed by atoms with Crippen molar-refractivity contribution in [3.63, 3.8) is 0 Å². The summed E-state index contributed by atoms with van der Waals surface area (Å²) >= 11 is 11.0. The third-order valence-corrected chi connectivity index (χ3v) is 8.02. The van der Waals surface area contributed by atoms with Gasteiger partial charge in [-0.05, 0) is 76.0 Å². The van der Waals surface area contributed by atoms with E-state index >= 15 is 0 Å². The summed E-state index contributed by atoms with van der Waals surface area (Å²) in [5.41, 5.74) is 4.67. The minimum Gasteiger partial charge on any atom is -0.461 e. The molecule has 0 saturated carbocycles. The molecule has 1 amide bonds. The molecule has 10 heteroatoms. The summed E-state index contributed by atoms with van der Waals surface area (Å²) in [5.74, 6) is -0.296. The molecule has 8 nitrogen and oxygen atoms in total. The highest BCUT2D eigenvalue weighted by molar-refractivity contribution is 6.26. The first kappa shape index (κ1) is 55.2. The number of halogens is 2. The molecule has 0 heterocycles. The first-order valence-corrected chi connectivity index (χ1v) is 20.3. The summed E-state index contributed by atoms with van der Waals surface area (Å²) in [5, 5.41) is 10.2. The summed E-state index contributed by atoms with van der Waals surface area (Å²) in [6.45, 7) is 21.5. The molecule has 0 spiro atoms. The summed E-state index contributed by atoms with van der Waals surface area (Å²) in [7, 11) is 0. The number of hydrogen-bond donors (Lipinski definition) is 3. The van der Waals surface area contributed by atoms with Crippen molar-refractivity contribution in [3.8, 4) is 0 Å². The molecule has 298 valence electrons. The fraction of sp³-hybridized carbons (Fsp3) is 0.825. The maximum absolute atomic E-state index is 11.8. The van der Waals surface area contributed by atoms with Crippen molar-refractivity contribution in [2.45, 2.75) is 171 Å². The van der Waals surface area contributed by atoms with Crippen LogP contribution in [-0.4, -0.2) is 60.2 Å². The molecule has 0 aromatic carbocycles. The van der Waals surface area contributed by atoms with Gasteiger partial charge in [-0.2, -0.15) is 0 Å². The average molecular weight is 754 g/mol. The Kier molecular flexibility index (Phi) is 44.3. The van der Waals surface area contributed by atoms with E-state index in [1.54, 1.807) is 0 Å². The Balaban J connectivity index is -0.000000381. The maximum atomic E-state index is 11.8. The summed E-state index contributed by atoms with van der Waals surface area (Å²) in [6.07, 6.45) is 22.9. The van der Waals surface area contributed by atoms with Crippen LogP contribution in [-0.2, 0) is 23.9 Å². The Hall–Kier alpha value is -1.61. The quantitative estimate of drug-likeness (QED) is 0.0278. The standard InChI is InChI=1S/C20H36ClNO3.C17H31ClO2.C2H6.CH5NO/c1-5-7-8-12-18(25-19(23)15-21)13-10-9-11-16(3)14-17(4)20(24)22-6-2;1-5-7-10-15(20-16(19)14-18)11-8-9-13-17(3,4)12-6-2;1-2;2-1-3/h9,11,16-18H,5-8,10,12-15H2,1-4H3,(H,22,24);9,13,15H,5-8,10-12,14H2,1-4H3;1-2H3;3H,1-2H2/b11-9+;13-9+;;. The van der Waals surface area contributed by atoms with Crippen molar-refractivity contribution >= 4 is 41.0 Å². The molecule has 0 aliphatic carbocycles. The fourth-order valence-corrected chi connectivity index (χ4v) is 5.25. The van der Waals surface area contributed by atoms with Crippen molar-refractivity contribution in [1.29, 1.82) is 0 Å². The zero-order chi connectivity index (χ0) is 39.2. The molecular formula is C40H78Cl2N2O6. The van der Waals surface area contributed by atoms with Crippen molar-refractivity contribution in [3.05, 3.63) is 24.3 Å². The number of carbonyl (C=O) groups excluding carboxylic acids is 3. The molecule has 0 fully saturated rings. The Morgan fingerprint density at radius 2 is 1.28 bits per heavy atom. The molecule has 0 rings (SSSR count). The van der Waals surface area contributed by atoms with Crippen molar-refractivity contribution < 1.29 is 29.0 Å². The molecule has 4 N–H and O–H groups in total. The predicted molar refractivity (Wildman–Crippen MR) is 215 cm³/mol. The number of hydrogen-bond acceptors (Lipinski definition) is 7. The van der Waals surface area contributed by atoms with Crippen LogP contribution in [0.4, 0.5) is 0 Å². The largest absolute Gasteiger partial charge is 0.461 e. The lowest BCUT2D eigenvalue weighted by Crippen LogP contribution is -2.29. The third-order valence-electron chi connectivity index (χ3n) is 7.59. The van der Waals surface area contributed by atoms with Crippen LogP contribution >= 0.6 is 23.2 Å². The molecule has 4 unspecified atom stereocenters. The first-order valence-electron chi connectivity index (χ1n) is 19.2. The van der Waals surface area contributed by atoms with E-state index in [1.165, 1.54) is 12.8 Å². The fourth-order valence-electron chi connectivity index (χ4n) is 5.13. The number of rotatable bonds is 25. The normalized spacial score (nSPS) is 13.4. The second-order valence-corrected chi connectivity index (χ2v) is 13.6. The van der Waals surface area contributed by atoms with Crippen LogP contribution in [0, 0.1) is 17.3 Å². The van der Waals surface area contributed by atoms with Crippen LogP contribution in [0.15, 0.2) is 24.3 Å². The SMILES string of the molecule is CC.CCCCC(CC/C=C/C(C)(C)CCC)OC(=O)CCl.CCCCCC(CC/C=C/C(C)CC(C)C(=O)NCC)OC(=O)CCl.NCO. The lowest BCUT2D eigenvalue weighted by atomic mass is 9.87. The van der Waals surface area contributed by atoms with E-state index in [4.69, 9.17) is 37.8 Å². The smallest absolute Gasteiger partial charge is 0.321 e. The van der Waals surface area contributed by atoms with Gasteiger partial charge in [0.2, 0.25) is 5.91 Å². The highest BCUT2D eigenvalue weighted by atomic mass is 35.5. The van der Waals surface area contributed by atoms with E-state index in [0.29, 0.717) is 12.5 Å². The third kappa shape index (κ3) is 39.2. The van der Waals surface area contributed by atoms with Crippen LogP contribution in [0.3, 0.4) is 0 Å². The Morgan fingerprint density at radius 1 is 0.800 bits per heavy atom. The van der Waals surface area contributed by atoms with Crippen LogP contribution in [0.1, 0.15) is 159 Å². The van der Waals surface area contributed by atoms with Gasteiger partial charge in [-0.15, -0.1) is 23.2 Å². The van der Waals surface area contributed by atoms with Gasteiger partial charge in [-0.25, -0.2) is 0 Å². The Labute approximate surface area is 318 Å². The minimum absolute atomic E-state index is 0.0140. The maximum Gasteiger partial charge on any atom is 0.321 e. The zero-order valence-electron chi connectivity index (χ0n) is 33.7. The molecule has 0 aromatic heterocycles. The van der Waals surface area contributed by atoms with Gasteiger partial charge in [0, 0.05) is 12.5 Å². The number of nitrogens with two attached hydrogens (primary N) is 1. The average Bonchev–Trinajstić information content (AvgIpc) is 3.08. The highest BCUT2D eigenvalue weighted by Crippen LogP contribution is 2.24. The van der Waals surface area contributed by atoms with Crippen molar-refractivity contribution in [1.82, 2.24) is 5.32 Å². The molecule has 0 radical (unpaired) electrons. The van der Waals surface area contributed by atoms with Gasteiger partial charge in [-0.3, -0.25) is 14.4 Å². The number of esters is 2. The number of unbranched alkanes of at least 4 members (excludes halogenated alkanes) is 3. The van der Waals surface area contributed by atoms with Crippen LogP contribution in [0.2, 0.25) is 0 Å². The topological polar surface area (TPSA) is 128 Å². The summed E-state index contributed by atoms with van der Waals surface area (Å²) < 4.78 is 10.8. The summed E-state index contributed by atoms with van der Waals surface area (Å²) in [4.78, 5) is 34.5. The lowest BCUT2D eigenvalue weighted by molar-refractivity contribution is -0.147. The van der Waals surface area contributed by atoms with Crippen LogP contribution in [0.5, 0.6) is 0 Å². The second kappa shape index (κ2) is 40.2. The zero-order valence-corrected chi connectivity index (χ0v) is 35.2. The molecule has 4 atom stereocenters. The minimum atomic E-state index is -0.337. The molecule has 0 bridgehead atoms. The van der Waals surface area contributed by atoms with E-state index in [1.807, 2.05) is 27.7 Å². The van der Waals surface area contributed by atoms with E-state index in [9.17, 15) is 14.4 Å². The summed E-state index contributed by atoms with van der Waals surface area (Å²) in [6, 6.07) is 0. The Morgan fingerprint density at radius 3 is 1.72 bits per heavy atom. The molecule has 0 aliphatic heterocycles. The molecular weight excluding hydrogens is 675 g/mol. The number of allylic oxidation sites excluding steroid dienone is 4. The van der Waals surface area contributed by atoms with Crippen molar-refractivity contribution in [2.75, 3.05) is 25.0 Å².